The summed E-state index contributed by atoms with van der Waals surface area (Å²) in [5.41, 5.74) is 2.33. The Morgan fingerprint density at radius 2 is 1.77 bits per heavy atom. The van der Waals surface area contributed by atoms with Crippen molar-refractivity contribution in [3.8, 4) is 0 Å². The summed E-state index contributed by atoms with van der Waals surface area (Å²) in [4.78, 5) is 0.207. The van der Waals surface area contributed by atoms with Gasteiger partial charge in [0.25, 0.3) is 10.0 Å². The van der Waals surface area contributed by atoms with E-state index in [9.17, 15) is 8.42 Å². The minimum absolute atomic E-state index is 0.207. The molecule has 1 N–H and O–H groups in total. The predicted octanol–water partition coefficient (Wildman–Crippen LogP) is 5.03. The number of hydrogen-bond acceptors (Lipinski definition) is 2. The number of hydrogen-bond donors (Lipinski definition) is 1. The number of nitrogens with one attached hydrogen (secondary N) is 1. The standard InChI is InChI=1S/C16H17BrClNO2S/c1-3-11-9-10-14(18)12(4-2)16(11)19-22(20,21)15-8-6-5-7-13(15)17/h5-10,19H,3-4H2,1-2H3. The zero-order valence-electron chi connectivity index (χ0n) is 12.4. The lowest BCUT2D eigenvalue weighted by molar-refractivity contribution is 0.600. The molecule has 0 aliphatic heterocycles. The van der Waals surface area contributed by atoms with Crippen LogP contribution in [0, 0.1) is 0 Å². The van der Waals surface area contributed by atoms with Gasteiger partial charge < -0.3 is 0 Å². The van der Waals surface area contributed by atoms with Gasteiger partial charge >= 0.3 is 0 Å². The van der Waals surface area contributed by atoms with Gasteiger partial charge in [0.15, 0.2) is 0 Å². The lowest BCUT2D eigenvalue weighted by atomic mass is 10.0. The molecule has 2 aromatic rings. The van der Waals surface area contributed by atoms with Crippen molar-refractivity contribution in [1.29, 1.82) is 0 Å². The number of rotatable bonds is 5. The van der Waals surface area contributed by atoms with Crippen LogP contribution in [-0.2, 0) is 22.9 Å². The van der Waals surface area contributed by atoms with Crippen LogP contribution in [0.4, 0.5) is 5.69 Å². The Bertz CT molecular complexity index is 791. The topological polar surface area (TPSA) is 46.2 Å². The Labute approximate surface area is 144 Å². The summed E-state index contributed by atoms with van der Waals surface area (Å²) >= 11 is 9.51. The van der Waals surface area contributed by atoms with E-state index in [1.165, 1.54) is 0 Å². The van der Waals surface area contributed by atoms with E-state index < -0.39 is 10.0 Å². The van der Waals surface area contributed by atoms with Crippen LogP contribution in [-0.4, -0.2) is 8.42 Å². The molecule has 0 heterocycles. The van der Waals surface area contributed by atoms with E-state index in [2.05, 4.69) is 20.7 Å². The maximum Gasteiger partial charge on any atom is 0.263 e. The number of sulfonamides is 1. The molecule has 0 aromatic heterocycles. The lowest BCUT2D eigenvalue weighted by Crippen LogP contribution is -2.16. The second-order valence-corrected chi connectivity index (χ2v) is 7.72. The third-order valence-electron chi connectivity index (χ3n) is 3.44. The van der Waals surface area contributed by atoms with E-state index in [0.29, 0.717) is 21.6 Å². The molecule has 0 spiro atoms. The quantitative estimate of drug-likeness (QED) is 0.762. The average molecular weight is 403 g/mol. The number of benzene rings is 2. The van der Waals surface area contributed by atoms with Gasteiger partial charge in [-0.05, 0) is 58.1 Å². The summed E-state index contributed by atoms with van der Waals surface area (Å²) in [7, 11) is -3.68. The Kier molecular flexibility index (Phi) is 5.53. The molecule has 0 unspecified atom stereocenters. The Morgan fingerprint density at radius 3 is 2.36 bits per heavy atom. The van der Waals surface area contributed by atoms with Crippen molar-refractivity contribution in [2.24, 2.45) is 0 Å². The van der Waals surface area contributed by atoms with Crippen molar-refractivity contribution in [1.82, 2.24) is 0 Å². The molecule has 118 valence electrons. The van der Waals surface area contributed by atoms with Crippen LogP contribution in [0.25, 0.3) is 0 Å². The normalized spacial score (nSPS) is 11.5. The van der Waals surface area contributed by atoms with Crippen molar-refractivity contribution in [2.45, 2.75) is 31.6 Å². The van der Waals surface area contributed by atoms with E-state index in [4.69, 9.17) is 11.6 Å². The molecule has 0 bridgehead atoms. The zero-order chi connectivity index (χ0) is 16.3. The highest BCUT2D eigenvalue weighted by atomic mass is 79.9. The molecule has 6 heteroatoms. The van der Waals surface area contributed by atoms with Crippen molar-refractivity contribution >= 4 is 43.2 Å². The maximum absolute atomic E-state index is 12.7. The highest BCUT2D eigenvalue weighted by Gasteiger charge is 2.21. The predicted molar refractivity (Wildman–Crippen MR) is 95.2 cm³/mol. The van der Waals surface area contributed by atoms with Crippen LogP contribution in [0.2, 0.25) is 5.02 Å². The van der Waals surface area contributed by atoms with Crippen molar-refractivity contribution in [3.05, 3.63) is 57.0 Å². The van der Waals surface area contributed by atoms with Gasteiger partial charge in [0, 0.05) is 9.50 Å². The first-order valence-electron chi connectivity index (χ1n) is 6.98. The largest absolute Gasteiger partial charge is 0.279 e. The van der Waals surface area contributed by atoms with Crippen molar-refractivity contribution in [2.75, 3.05) is 4.72 Å². The fraction of sp³-hybridized carbons (Fsp3) is 0.250. The molecule has 3 nitrogen and oxygen atoms in total. The van der Waals surface area contributed by atoms with Crippen LogP contribution in [0.5, 0.6) is 0 Å². The van der Waals surface area contributed by atoms with Gasteiger partial charge in [-0.15, -0.1) is 0 Å². The first kappa shape index (κ1) is 17.3. The van der Waals surface area contributed by atoms with Crippen molar-refractivity contribution in [3.63, 3.8) is 0 Å². The molecule has 0 radical (unpaired) electrons. The first-order valence-corrected chi connectivity index (χ1v) is 9.63. The molecule has 2 rings (SSSR count). The number of anilines is 1. The minimum Gasteiger partial charge on any atom is -0.279 e. The third-order valence-corrected chi connectivity index (χ3v) is 6.16. The molecule has 0 saturated heterocycles. The van der Waals surface area contributed by atoms with Gasteiger partial charge in [-0.25, -0.2) is 8.42 Å². The molecule has 22 heavy (non-hydrogen) atoms. The summed E-state index contributed by atoms with van der Waals surface area (Å²) in [6.45, 7) is 3.94. The monoisotopic (exact) mass is 401 g/mol. The maximum atomic E-state index is 12.7. The molecule has 0 aliphatic carbocycles. The van der Waals surface area contributed by atoms with E-state index >= 15 is 0 Å². The molecular weight excluding hydrogens is 386 g/mol. The van der Waals surface area contributed by atoms with Gasteiger partial charge in [0.2, 0.25) is 0 Å². The fourth-order valence-corrected chi connectivity index (χ4v) is 4.72. The van der Waals surface area contributed by atoms with Gasteiger partial charge in [-0.2, -0.15) is 0 Å². The van der Waals surface area contributed by atoms with E-state index in [0.717, 1.165) is 17.5 Å². The summed E-state index contributed by atoms with van der Waals surface area (Å²) < 4.78 is 28.6. The van der Waals surface area contributed by atoms with Crippen LogP contribution in [0.15, 0.2) is 45.8 Å². The lowest BCUT2D eigenvalue weighted by Gasteiger charge is -2.17. The zero-order valence-corrected chi connectivity index (χ0v) is 15.5. The molecule has 2 aromatic carbocycles. The van der Waals surface area contributed by atoms with Gasteiger partial charge in [-0.1, -0.05) is 43.6 Å². The van der Waals surface area contributed by atoms with Crippen molar-refractivity contribution < 1.29 is 8.42 Å². The fourth-order valence-electron chi connectivity index (χ4n) is 2.29. The van der Waals surface area contributed by atoms with Gasteiger partial charge in [0.05, 0.1) is 5.69 Å². The third kappa shape index (κ3) is 3.47. The van der Waals surface area contributed by atoms with Crippen LogP contribution < -0.4 is 4.72 Å². The van der Waals surface area contributed by atoms with Crippen LogP contribution in [0.1, 0.15) is 25.0 Å². The van der Waals surface area contributed by atoms with Crippen LogP contribution in [0.3, 0.4) is 0 Å². The highest BCUT2D eigenvalue weighted by molar-refractivity contribution is 9.10. The first-order chi connectivity index (χ1) is 10.4. The average Bonchev–Trinajstić information content (AvgIpc) is 2.48. The van der Waals surface area contributed by atoms with Gasteiger partial charge in [0.1, 0.15) is 4.90 Å². The number of aryl methyl sites for hydroxylation is 1. The Morgan fingerprint density at radius 1 is 1.09 bits per heavy atom. The second kappa shape index (κ2) is 7.02. The van der Waals surface area contributed by atoms with Gasteiger partial charge in [-0.3, -0.25) is 4.72 Å². The van der Waals surface area contributed by atoms with E-state index in [1.807, 2.05) is 26.0 Å². The summed E-state index contributed by atoms with van der Waals surface area (Å²) in [5, 5.41) is 0.574. The van der Waals surface area contributed by atoms with Crippen LogP contribution >= 0.6 is 27.5 Å². The highest BCUT2D eigenvalue weighted by Crippen LogP contribution is 2.32. The molecule has 0 atom stereocenters. The summed E-state index contributed by atoms with van der Waals surface area (Å²) in [6, 6.07) is 10.4. The molecule has 0 aliphatic rings. The summed E-state index contributed by atoms with van der Waals surface area (Å²) in [5.74, 6) is 0. The smallest absolute Gasteiger partial charge is 0.263 e. The minimum atomic E-state index is -3.68. The van der Waals surface area contributed by atoms with E-state index in [1.54, 1.807) is 24.3 Å². The Balaban J connectivity index is 2.55. The molecule has 0 saturated carbocycles. The second-order valence-electron chi connectivity index (χ2n) is 4.80. The number of halogens is 2. The molecule has 0 amide bonds. The summed E-state index contributed by atoms with van der Waals surface area (Å²) in [6.07, 6.45) is 1.37. The SMILES string of the molecule is CCc1ccc(Cl)c(CC)c1NS(=O)(=O)c1ccccc1Br. The molecular formula is C16H17BrClNO2S. The van der Waals surface area contributed by atoms with E-state index in [-0.39, 0.29) is 4.90 Å². The Hall–Kier alpha value is -1.04. The molecule has 0 fully saturated rings.